The lowest BCUT2D eigenvalue weighted by Crippen LogP contribution is -2.24. The van der Waals surface area contributed by atoms with E-state index in [0.717, 1.165) is 16.7 Å². The Kier molecular flexibility index (Phi) is 5.46. The van der Waals surface area contributed by atoms with Crippen molar-refractivity contribution in [1.29, 1.82) is 0 Å². The van der Waals surface area contributed by atoms with Crippen LogP contribution in [0.5, 0.6) is 11.5 Å². The molecular weight excluding hydrogens is 464 g/mol. The molecule has 0 saturated carbocycles. The smallest absolute Gasteiger partial charge is 0.262 e. The second-order valence-corrected chi connectivity index (χ2v) is 9.11. The summed E-state index contributed by atoms with van der Waals surface area (Å²) in [5.41, 5.74) is 3.42. The predicted octanol–water partition coefficient (Wildman–Crippen LogP) is 4.82. The fourth-order valence-electron chi connectivity index (χ4n) is 3.95. The number of aromatic nitrogens is 4. The number of hydrogen-bond donors (Lipinski definition) is 0. The molecule has 6 rings (SSSR count). The summed E-state index contributed by atoms with van der Waals surface area (Å²) in [6.45, 7) is 2.54. The van der Waals surface area contributed by atoms with Gasteiger partial charge in [-0.1, -0.05) is 71.0 Å². The van der Waals surface area contributed by atoms with Gasteiger partial charge in [0.05, 0.1) is 23.2 Å². The number of benzene rings is 3. The Balaban J connectivity index is 1.35. The highest BCUT2D eigenvalue weighted by atomic mass is 32.2. The number of aryl methyl sites for hydroxylation is 1. The Hall–Kier alpha value is -4.11. The summed E-state index contributed by atoms with van der Waals surface area (Å²) in [6.07, 6.45) is 0. The Bertz CT molecular complexity index is 1600. The van der Waals surface area contributed by atoms with Gasteiger partial charge in [0.1, 0.15) is 0 Å². The Labute approximate surface area is 204 Å². The maximum absolute atomic E-state index is 13.5. The first kappa shape index (κ1) is 21.4. The van der Waals surface area contributed by atoms with Crippen LogP contribution >= 0.6 is 11.8 Å². The molecule has 1 aliphatic rings. The van der Waals surface area contributed by atoms with Crippen molar-refractivity contribution in [3.63, 3.8) is 0 Å². The van der Waals surface area contributed by atoms with E-state index >= 15 is 0 Å². The van der Waals surface area contributed by atoms with Gasteiger partial charge in [0.15, 0.2) is 16.7 Å². The van der Waals surface area contributed by atoms with Crippen LogP contribution < -0.4 is 15.0 Å². The fourth-order valence-corrected chi connectivity index (χ4v) is 4.78. The maximum atomic E-state index is 13.5. The molecule has 3 heterocycles. The first-order chi connectivity index (χ1) is 17.1. The second-order valence-electron chi connectivity index (χ2n) is 8.16. The molecule has 0 unspecified atom stereocenters. The molecular formula is C26H20N4O4S. The molecule has 0 saturated heterocycles. The second kappa shape index (κ2) is 8.92. The number of thioether (sulfide) groups is 1. The van der Waals surface area contributed by atoms with Crippen LogP contribution in [0.4, 0.5) is 0 Å². The Morgan fingerprint density at radius 3 is 2.63 bits per heavy atom. The predicted molar refractivity (Wildman–Crippen MR) is 132 cm³/mol. The van der Waals surface area contributed by atoms with Gasteiger partial charge in [0.2, 0.25) is 18.5 Å². The number of fused-ring (bicyclic) bond motifs is 2. The van der Waals surface area contributed by atoms with Crippen molar-refractivity contribution in [2.75, 3.05) is 6.79 Å². The zero-order valence-corrected chi connectivity index (χ0v) is 19.6. The van der Waals surface area contributed by atoms with E-state index in [1.165, 1.54) is 11.8 Å². The minimum atomic E-state index is -0.148. The van der Waals surface area contributed by atoms with E-state index in [4.69, 9.17) is 19.0 Å². The van der Waals surface area contributed by atoms with Gasteiger partial charge in [-0.25, -0.2) is 4.98 Å². The van der Waals surface area contributed by atoms with Crippen LogP contribution in [0.3, 0.4) is 0 Å². The SMILES string of the molecule is Cc1cccc(-c2noc(CSc3nc4cc5c(cc4c(=O)n3Cc3ccccc3)OCO5)n2)c1. The lowest BCUT2D eigenvalue weighted by Gasteiger charge is -2.13. The average molecular weight is 485 g/mol. The Morgan fingerprint density at radius 2 is 1.80 bits per heavy atom. The van der Waals surface area contributed by atoms with Gasteiger partial charge in [0.25, 0.3) is 5.56 Å². The van der Waals surface area contributed by atoms with Gasteiger partial charge in [0, 0.05) is 11.6 Å². The molecule has 0 atom stereocenters. The molecule has 0 bridgehead atoms. The summed E-state index contributed by atoms with van der Waals surface area (Å²) in [5, 5.41) is 5.15. The van der Waals surface area contributed by atoms with E-state index in [2.05, 4.69) is 10.1 Å². The lowest BCUT2D eigenvalue weighted by atomic mass is 10.1. The topological polar surface area (TPSA) is 92.3 Å². The van der Waals surface area contributed by atoms with Crippen LogP contribution in [-0.2, 0) is 12.3 Å². The molecule has 8 nitrogen and oxygen atoms in total. The van der Waals surface area contributed by atoms with Crippen LogP contribution in [0.1, 0.15) is 17.0 Å². The van der Waals surface area contributed by atoms with Crippen molar-refractivity contribution in [2.24, 2.45) is 0 Å². The molecule has 9 heteroatoms. The van der Waals surface area contributed by atoms with E-state index in [0.29, 0.717) is 51.6 Å². The average Bonchev–Trinajstić information content (AvgIpc) is 3.54. The summed E-state index contributed by atoms with van der Waals surface area (Å²) in [5.74, 6) is 2.50. The molecule has 3 aromatic carbocycles. The van der Waals surface area contributed by atoms with Gasteiger partial charge in [-0.3, -0.25) is 9.36 Å². The summed E-state index contributed by atoms with van der Waals surface area (Å²) < 4.78 is 18.1. The summed E-state index contributed by atoms with van der Waals surface area (Å²) in [4.78, 5) is 22.9. The summed E-state index contributed by atoms with van der Waals surface area (Å²) in [6, 6.07) is 21.2. The Morgan fingerprint density at radius 1 is 0.971 bits per heavy atom. The van der Waals surface area contributed by atoms with E-state index in [1.54, 1.807) is 16.7 Å². The normalized spacial score (nSPS) is 12.4. The highest BCUT2D eigenvalue weighted by molar-refractivity contribution is 7.98. The van der Waals surface area contributed by atoms with E-state index in [9.17, 15) is 4.79 Å². The molecule has 0 spiro atoms. The number of nitrogens with zero attached hydrogens (tertiary/aromatic N) is 4. The minimum Gasteiger partial charge on any atom is -0.454 e. The standard InChI is InChI=1S/C26H20N4O4S/c1-16-6-5-9-18(10-16)24-28-23(34-29-24)14-35-26-27-20-12-22-21(32-15-33-22)11-19(20)25(31)30(26)13-17-7-3-2-4-8-17/h2-12H,13-15H2,1H3. The van der Waals surface area contributed by atoms with E-state index in [1.807, 2.05) is 61.5 Å². The van der Waals surface area contributed by atoms with Gasteiger partial charge >= 0.3 is 0 Å². The van der Waals surface area contributed by atoms with Crippen molar-refractivity contribution >= 4 is 22.7 Å². The van der Waals surface area contributed by atoms with Crippen LogP contribution in [0.2, 0.25) is 0 Å². The third-order valence-corrected chi connectivity index (χ3v) is 6.63. The molecule has 174 valence electrons. The van der Waals surface area contributed by atoms with Crippen molar-refractivity contribution in [2.45, 2.75) is 24.4 Å². The van der Waals surface area contributed by atoms with Gasteiger partial charge in [-0.2, -0.15) is 4.98 Å². The van der Waals surface area contributed by atoms with Crippen LogP contribution in [0.25, 0.3) is 22.3 Å². The third kappa shape index (κ3) is 4.26. The minimum absolute atomic E-state index is 0.131. The molecule has 1 aliphatic heterocycles. The fraction of sp³-hybridized carbons (Fsp3) is 0.154. The van der Waals surface area contributed by atoms with Gasteiger partial charge in [-0.05, 0) is 24.6 Å². The zero-order chi connectivity index (χ0) is 23.8. The highest BCUT2D eigenvalue weighted by Crippen LogP contribution is 2.35. The number of rotatable bonds is 6. The van der Waals surface area contributed by atoms with Crippen LogP contribution in [0, 0.1) is 6.92 Å². The van der Waals surface area contributed by atoms with Crippen molar-refractivity contribution in [1.82, 2.24) is 19.7 Å². The molecule has 5 aromatic rings. The van der Waals surface area contributed by atoms with E-state index in [-0.39, 0.29) is 12.4 Å². The van der Waals surface area contributed by atoms with E-state index < -0.39 is 0 Å². The van der Waals surface area contributed by atoms with Crippen LogP contribution in [-0.4, -0.2) is 26.5 Å². The lowest BCUT2D eigenvalue weighted by molar-refractivity contribution is 0.174. The molecule has 0 N–H and O–H groups in total. The van der Waals surface area contributed by atoms with Crippen molar-refractivity contribution in [3.05, 3.63) is 94.1 Å². The van der Waals surface area contributed by atoms with Gasteiger partial charge in [-0.15, -0.1) is 0 Å². The number of hydrogen-bond acceptors (Lipinski definition) is 8. The third-order valence-electron chi connectivity index (χ3n) is 5.67. The highest BCUT2D eigenvalue weighted by Gasteiger charge is 2.20. The molecule has 0 aliphatic carbocycles. The quantitative estimate of drug-likeness (QED) is 0.250. The molecule has 0 amide bonds. The van der Waals surface area contributed by atoms with Gasteiger partial charge < -0.3 is 14.0 Å². The first-order valence-electron chi connectivity index (χ1n) is 11.0. The monoisotopic (exact) mass is 484 g/mol. The molecule has 0 radical (unpaired) electrons. The molecule has 0 fully saturated rings. The number of ether oxygens (including phenoxy) is 2. The largest absolute Gasteiger partial charge is 0.454 e. The molecule has 35 heavy (non-hydrogen) atoms. The zero-order valence-electron chi connectivity index (χ0n) is 18.8. The molecule has 2 aromatic heterocycles. The van der Waals surface area contributed by atoms with Crippen LogP contribution in [0.15, 0.2) is 81.2 Å². The first-order valence-corrected chi connectivity index (χ1v) is 12.0. The summed E-state index contributed by atoms with van der Waals surface area (Å²) >= 11 is 1.38. The van der Waals surface area contributed by atoms with Crippen molar-refractivity contribution < 1.29 is 14.0 Å². The van der Waals surface area contributed by atoms with Crippen molar-refractivity contribution in [3.8, 4) is 22.9 Å². The maximum Gasteiger partial charge on any atom is 0.262 e. The summed E-state index contributed by atoms with van der Waals surface area (Å²) in [7, 11) is 0.